The molecule has 0 spiro atoms. The highest BCUT2D eigenvalue weighted by Crippen LogP contribution is 2.44. The molecule has 0 radical (unpaired) electrons. The smallest absolute Gasteiger partial charge is 0.460 e. The minimum atomic E-state index is -5.91. The molecule has 32 atom stereocenters. The van der Waals surface area contributed by atoms with Gasteiger partial charge in [0, 0.05) is 130 Å². The quantitative estimate of drug-likeness (QED) is 0.0315. The summed E-state index contributed by atoms with van der Waals surface area (Å²) in [6.07, 6.45) is 22.2. The summed E-state index contributed by atoms with van der Waals surface area (Å²) in [6.45, 7) is 27.6. The van der Waals surface area contributed by atoms with Crippen molar-refractivity contribution in [2.24, 2.45) is 71.0 Å². The summed E-state index contributed by atoms with van der Waals surface area (Å²) in [5.41, 5.74) is -3.23. The summed E-state index contributed by atoms with van der Waals surface area (Å²) in [5, 5.41) is 55.7. The molecule has 0 aromatic rings. The van der Waals surface area contributed by atoms with E-state index in [2.05, 4.69) is 4.18 Å². The molecule has 2 saturated carbocycles. The highest BCUT2D eigenvalue weighted by Gasteiger charge is 2.57. The van der Waals surface area contributed by atoms with E-state index in [0.29, 0.717) is 102 Å². The average molecular weight is 2150 g/mol. The third kappa shape index (κ3) is 36.5. The van der Waals surface area contributed by atoms with Crippen LogP contribution in [-0.2, 0) is 124 Å². The van der Waals surface area contributed by atoms with Crippen molar-refractivity contribution in [2.45, 2.75) is 404 Å². The van der Waals surface area contributed by atoms with Crippen LogP contribution in [0.25, 0.3) is 0 Å². The van der Waals surface area contributed by atoms with Crippen molar-refractivity contribution in [3.05, 3.63) is 95.2 Å². The van der Waals surface area contributed by atoms with Crippen LogP contribution in [0, 0.1) is 71.0 Å². The van der Waals surface area contributed by atoms with Gasteiger partial charge in [0.25, 0.3) is 23.4 Å². The number of carbonyl (C=O) groups is 10. The maximum atomic E-state index is 14.6. The van der Waals surface area contributed by atoms with E-state index in [1.807, 2.05) is 102 Å². The van der Waals surface area contributed by atoms with Gasteiger partial charge in [-0.3, -0.25) is 42.5 Å². The van der Waals surface area contributed by atoms with E-state index < -0.39 is 195 Å². The van der Waals surface area contributed by atoms with Gasteiger partial charge in [-0.05, 0) is 240 Å². The van der Waals surface area contributed by atoms with E-state index in [1.165, 1.54) is 39.4 Å². The second kappa shape index (κ2) is 61.0. The van der Waals surface area contributed by atoms with Crippen molar-refractivity contribution in [3.63, 3.8) is 0 Å². The Morgan fingerprint density at radius 3 is 1.23 bits per heavy atom. The summed E-state index contributed by atoms with van der Waals surface area (Å²) in [4.78, 5) is 144. The Kier molecular flexibility index (Phi) is 52.1. The van der Waals surface area contributed by atoms with Crippen LogP contribution in [0.1, 0.15) is 277 Å². The van der Waals surface area contributed by atoms with Crippen LogP contribution in [0.5, 0.6) is 0 Å². The lowest BCUT2D eigenvalue weighted by Gasteiger charge is -2.42. The van der Waals surface area contributed by atoms with E-state index in [1.54, 1.807) is 75.7 Å². The van der Waals surface area contributed by atoms with Crippen molar-refractivity contribution >= 4 is 68.6 Å². The van der Waals surface area contributed by atoms with Gasteiger partial charge in [0.15, 0.2) is 11.6 Å². The monoisotopic (exact) mass is 2150 g/mol. The standard InChI is InChI=1S/C56H87NO14.C52H78F3NO15S.C5H10O2/c1-34-17-12-11-13-18-35(2)47(65-8)31-42-23-21-40(7)56(64,71-42)53(61)54(62)57-25-15-14-20-44(57)55(63)70-48(32-45(58)36(3)28-39(6)51(60)52(67-10)50(59)38(5)27-34)37(4)29-41-22-24-46(49(30-41)66-9)69-43-19-16-26-68-33-43;1-30-16-12-11-13-17-31(2)42(66-8)28-38-21-19-36(7)51(63,70-38)48(60)49(61)56-23-15-14-18-39(56)50(62)69-43(29-40(57)32(3)25-35(6)46(59)47(68-10)45(58)34(5)24-30)33(4)26-37-20-22-41(44(27-37)67-9)71-72(64,65)52(53,54)55;6-5-2-1-3-7-4-5/h11-13,17-18,28,34,36-38,40-44,46-49,51-52,60,64H,14-16,19-27,29-33H2,1-10H3;11-13,16-17,25,30,32-34,36-39,41-44,46-47,59,63H,14-15,18-24,26-29H2,1-10H3;5-6H,1-4H2/b13-11+,17-12+,35-18+,39-28+;13-11+,16-12+,31-17+,35-25+;/t34-,36-,37+,38-,40-,41?,42+,43?,44+,46?,47+,48+,49?,51?,52+,56-;30-,32-,33+,34-,36-,37?,38+,39+,41?,42+,43+,44?,46?,47+,51-;/m11./s1. The summed E-state index contributed by atoms with van der Waals surface area (Å²) < 4.78 is 144. The number of carbonyl (C=O) groups excluding carboxylic acids is 10. The molecule has 150 heavy (non-hydrogen) atoms. The van der Waals surface area contributed by atoms with Crippen LogP contribution >= 0.6 is 0 Å². The van der Waals surface area contributed by atoms with Crippen LogP contribution in [0.3, 0.4) is 0 Å². The lowest BCUT2D eigenvalue weighted by Crippen LogP contribution is -2.61. The van der Waals surface area contributed by atoms with Crippen molar-refractivity contribution < 1.29 is 161 Å². The van der Waals surface area contributed by atoms with Crippen molar-refractivity contribution in [3.8, 4) is 0 Å². The van der Waals surface area contributed by atoms with Crippen molar-refractivity contribution in [2.75, 3.05) is 82.2 Å². The van der Waals surface area contributed by atoms with Crippen molar-refractivity contribution in [1.29, 1.82) is 0 Å². The van der Waals surface area contributed by atoms with Gasteiger partial charge in [-0.25, -0.2) is 9.59 Å². The fraction of sp³-hybridized carbons (Fsp3) is 0.770. The number of allylic oxidation sites excluding steroid dienone is 12. The van der Waals surface area contributed by atoms with Crippen LogP contribution < -0.4 is 0 Å². The Bertz CT molecular complexity index is 4750. The van der Waals surface area contributed by atoms with Gasteiger partial charge >= 0.3 is 27.6 Å². The zero-order chi connectivity index (χ0) is 111. The first kappa shape index (κ1) is 128. The number of fused-ring (bicyclic) bond motifs is 6. The number of methoxy groups -OCH3 is 6. The number of alkyl halides is 3. The highest BCUT2D eigenvalue weighted by atomic mass is 32.2. The molecule has 10 aliphatic rings. The number of cyclic esters (lactones) is 2. The van der Waals surface area contributed by atoms with Crippen LogP contribution in [0.4, 0.5) is 13.2 Å². The number of ether oxygens (including phenoxy) is 13. The summed E-state index contributed by atoms with van der Waals surface area (Å²) in [6, 6.07) is -2.42. The predicted molar refractivity (Wildman–Crippen MR) is 553 cm³/mol. The minimum absolute atomic E-state index is 0.0182. The maximum Gasteiger partial charge on any atom is 0.523 e. The topological polar surface area (TPSA) is 442 Å². The molecule has 5 N–H and O–H groups in total. The largest absolute Gasteiger partial charge is 0.523 e. The number of nitrogens with zero attached hydrogens (tertiary/aromatic N) is 2. The number of esters is 2. The number of rotatable bonds is 16. The van der Waals surface area contributed by atoms with E-state index in [4.69, 9.17) is 66.7 Å². The first-order chi connectivity index (χ1) is 70.9. The van der Waals surface area contributed by atoms with E-state index in [-0.39, 0.29) is 148 Å². The van der Waals surface area contributed by atoms with Gasteiger partial charge in [0.2, 0.25) is 11.6 Å². The number of piperidine rings is 2. The number of aliphatic hydroxyl groups is 5. The van der Waals surface area contributed by atoms with Gasteiger partial charge in [0.1, 0.15) is 66.4 Å². The lowest BCUT2D eigenvalue weighted by atomic mass is 9.78. The molecule has 2 amide bonds. The van der Waals surface area contributed by atoms with Crippen LogP contribution in [0.15, 0.2) is 95.2 Å². The molecule has 37 heteroatoms. The molecular formula is C113H175F3N2O31S. The molecule has 8 aliphatic heterocycles. The molecule has 2 aliphatic carbocycles. The van der Waals surface area contributed by atoms with E-state index >= 15 is 0 Å². The number of Topliss-reactive ketones (excluding diaryl/α,β-unsaturated/α-hetero) is 6. The molecule has 0 aromatic carbocycles. The Morgan fingerprint density at radius 1 is 0.453 bits per heavy atom. The van der Waals surface area contributed by atoms with E-state index in [9.17, 15) is 90.0 Å². The highest BCUT2D eigenvalue weighted by molar-refractivity contribution is 7.87. The van der Waals surface area contributed by atoms with Gasteiger partial charge in [-0.2, -0.15) is 21.6 Å². The summed E-state index contributed by atoms with van der Waals surface area (Å²) >= 11 is 0. The number of halogens is 3. The average Bonchev–Trinajstić information content (AvgIpc) is 0.772. The third-order valence-electron chi connectivity index (χ3n) is 32.1. The SMILES string of the molecule is COC1CC(C[C@H](C)[C@@H]2CC(=O)[C@H](C)/C=C(\C)C(O)[C@@H](OC)C(=O)[C@H](C)C[C@H](C)/C=C/C=C/C=C(\C)[C@@H](OC)C[C@@H]3CC[C@@H](C)[C@@](O)(O3)C(=O)C(=O)N3CCCC[C@H]3C(=O)O2)CCC1OC1CCCOC1.COC1CC(C[C@H](C)[C@@H]2CC(=O)[C@H](C)/C=C(\C)C(O)[C@@H](OC)C(=O)[C@H](C)C[C@H](C)/C=C/C=C/C=C(\C)[C@@H](OC)C[C@@H]3CC[C@@H](C)[C@@](O)(O3)C(=O)C(=O)N3CCCC[C@H]3C(=O)O2)CCC1OS(=O)(=O)C(F)(F)F.OC1CCCOC1. The molecular weight excluding hydrogens is 1970 g/mol. The summed E-state index contributed by atoms with van der Waals surface area (Å²) in [7, 11) is 2.84. The number of aliphatic hydroxyl groups excluding tert-OH is 3. The van der Waals surface area contributed by atoms with Gasteiger partial charge in [-0.15, -0.1) is 0 Å². The zero-order valence-electron chi connectivity index (χ0n) is 92.1. The molecule has 10 unspecified atom stereocenters. The number of ketones is 6. The van der Waals surface area contributed by atoms with Crippen molar-refractivity contribution in [1.82, 2.24) is 9.80 Å². The maximum absolute atomic E-state index is 14.6. The third-order valence-corrected chi connectivity index (χ3v) is 33.1. The predicted octanol–water partition coefficient (Wildman–Crippen LogP) is 14.6. The molecule has 4 bridgehead atoms. The fourth-order valence-corrected chi connectivity index (χ4v) is 23.1. The zero-order valence-corrected chi connectivity index (χ0v) is 92.9. The molecule has 6 saturated heterocycles. The van der Waals surface area contributed by atoms with Gasteiger partial charge in [-0.1, -0.05) is 142 Å². The second-order valence-electron chi connectivity index (χ2n) is 44.0. The first-order valence-electron chi connectivity index (χ1n) is 54.4. The second-order valence-corrected chi connectivity index (χ2v) is 45.5. The summed E-state index contributed by atoms with van der Waals surface area (Å²) in [5.74, 6) is -17.5. The molecule has 10 rings (SSSR count). The van der Waals surface area contributed by atoms with Crippen LogP contribution in [-0.4, -0.2) is 311 Å². The normalized spacial score (nSPS) is 38.9. The Balaban J connectivity index is 0.000000342. The van der Waals surface area contributed by atoms with Gasteiger partial charge in [0.05, 0.1) is 68.1 Å². The number of hydrogen-bond acceptors (Lipinski definition) is 31. The lowest BCUT2D eigenvalue weighted by molar-refractivity contribution is -0.265. The minimum Gasteiger partial charge on any atom is -0.460 e. The van der Waals surface area contributed by atoms with Gasteiger partial charge < -0.3 is 96.9 Å². The molecule has 0 aromatic heterocycles. The Labute approximate surface area is 886 Å². The Hall–Kier alpha value is -7.12. The number of amides is 2. The molecule has 33 nitrogen and oxygen atoms in total. The van der Waals surface area contributed by atoms with E-state index in [0.717, 1.165) is 67.8 Å². The molecule has 8 heterocycles. The van der Waals surface area contributed by atoms with Crippen LogP contribution in [0.2, 0.25) is 0 Å². The number of hydrogen-bond donors (Lipinski definition) is 5. The fourth-order valence-electron chi connectivity index (χ4n) is 22.5. The molecule has 850 valence electrons. The Morgan fingerprint density at radius 2 is 0.860 bits per heavy atom. The first-order valence-corrected chi connectivity index (χ1v) is 55.8. The molecule has 8 fully saturated rings.